The minimum atomic E-state index is -0.700. The molecule has 2 nitrogen and oxygen atoms in total. The van der Waals surface area contributed by atoms with E-state index in [0.29, 0.717) is 11.3 Å². The van der Waals surface area contributed by atoms with E-state index in [0.717, 1.165) is 16.2 Å². The average molecular weight is 302 g/mol. The van der Waals surface area contributed by atoms with E-state index in [9.17, 15) is 9.18 Å². The molecule has 0 N–H and O–H groups in total. The van der Waals surface area contributed by atoms with Gasteiger partial charge in [-0.2, -0.15) is 0 Å². The van der Waals surface area contributed by atoms with Crippen molar-refractivity contribution in [2.75, 3.05) is 12.9 Å². The summed E-state index contributed by atoms with van der Waals surface area (Å²) in [6.07, 6.45) is 0. The molecule has 3 rings (SSSR count). The second-order valence-electron chi connectivity index (χ2n) is 5.32. The second-order valence-corrected chi connectivity index (χ2v) is 6.34. The zero-order valence-electron chi connectivity index (χ0n) is 11.9. The van der Waals surface area contributed by atoms with Crippen LogP contribution in [0.4, 0.5) is 4.39 Å². The van der Waals surface area contributed by atoms with Crippen molar-refractivity contribution in [1.82, 2.24) is 0 Å². The van der Waals surface area contributed by atoms with Gasteiger partial charge < -0.3 is 4.74 Å². The van der Waals surface area contributed by atoms with E-state index in [1.165, 1.54) is 12.1 Å². The van der Waals surface area contributed by atoms with Gasteiger partial charge in [-0.05, 0) is 42.8 Å². The molecule has 0 saturated carbocycles. The first-order chi connectivity index (χ1) is 10.0. The fourth-order valence-corrected chi connectivity index (χ4v) is 3.83. The van der Waals surface area contributed by atoms with E-state index in [1.54, 1.807) is 37.1 Å². The molecule has 1 aliphatic rings. The van der Waals surface area contributed by atoms with Crippen molar-refractivity contribution in [2.24, 2.45) is 0 Å². The number of methoxy groups -OCH3 is 1. The molecule has 1 aliphatic heterocycles. The molecule has 1 unspecified atom stereocenters. The summed E-state index contributed by atoms with van der Waals surface area (Å²) in [6.45, 7) is 1.88. The van der Waals surface area contributed by atoms with Crippen LogP contribution in [0.2, 0.25) is 0 Å². The fraction of sp³-hybridized carbons (Fsp3) is 0.235. The maximum Gasteiger partial charge on any atom is 0.175 e. The number of thioether (sulfide) groups is 1. The van der Waals surface area contributed by atoms with Gasteiger partial charge in [-0.1, -0.05) is 12.1 Å². The Bertz CT molecular complexity index is 714. The number of ether oxygens (including phenoxy) is 1. The first-order valence-electron chi connectivity index (χ1n) is 6.66. The van der Waals surface area contributed by atoms with Gasteiger partial charge in [0.05, 0.1) is 12.5 Å². The highest BCUT2D eigenvalue weighted by Gasteiger charge is 2.40. The van der Waals surface area contributed by atoms with Crippen molar-refractivity contribution in [1.29, 1.82) is 0 Å². The van der Waals surface area contributed by atoms with Gasteiger partial charge in [0.1, 0.15) is 11.6 Å². The number of benzene rings is 2. The summed E-state index contributed by atoms with van der Waals surface area (Å²) in [6, 6.07) is 11.8. The van der Waals surface area contributed by atoms with Crippen LogP contribution < -0.4 is 4.74 Å². The van der Waals surface area contributed by atoms with E-state index < -0.39 is 5.41 Å². The van der Waals surface area contributed by atoms with Crippen LogP contribution in [-0.2, 0) is 5.41 Å². The van der Waals surface area contributed by atoms with Gasteiger partial charge in [-0.25, -0.2) is 4.39 Å². The van der Waals surface area contributed by atoms with Crippen LogP contribution in [0.15, 0.2) is 47.4 Å². The number of hydrogen-bond acceptors (Lipinski definition) is 3. The molecule has 0 fully saturated rings. The number of carbonyl (C=O) groups excluding carboxylic acids is 1. The Kier molecular flexibility index (Phi) is 3.49. The van der Waals surface area contributed by atoms with Gasteiger partial charge in [0.15, 0.2) is 5.78 Å². The molecule has 1 heterocycles. The lowest BCUT2D eigenvalue weighted by molar-refractivity contribution is 0.0905. The fourth-order valence-electron chi connectivity index (χ4n) is 2.57. The van der Waals surface area contributed by atoms with Crippen molar-refractivity contribution in [2.45, 2.75) is 17.2 Å². The standard InChI is InChI=1S/C17H15FO2S/c1-17(11-4-3-5-12(18)8-11)10-21-15-9-13(20-2)6-7-14(15)16(17)19/h3-9H,10H2,1-2H3. The Balaban J connectivity index is 2.06. The molecule has 0 bridgehead atoms. The highest BCUT2D eigenvalue weighted by molar-refractivity contribution is 7.99. The number of halogens is 1. The molecule has 0 aromatic heterocycles. The van der Waals surface area contributed by atoms with E-state index >= 15 is 0 Å². The molecule has 1 atom stereocenters. The molecule has 0 amide bonds. The monoisotopic (exact) mass is 302 g/mol. The number of Topliss-reactive ketones (excluding diaryl/α,β-unsaturated/α-hetero) is 1. The summed E-state index contributed by atoms with van der Waals surface area (Å²) in [5.74, 6) is 1.05. The smallest absolute Gasteiger partial charge is 0.175 e. The van der Waals surface area contributed by atoms with Gasteiger partial charge in [-0.3, -0.25) is 4.79 Å². The van der Waals surface area contributed by atoms with Crippen LogP contribution >= 0.6 is 11.8 Å². The van der Waals surface area contributed by atoms with Gasteiger partial charge in [-0.15, -0.1) is 11.8 Å². The third-order valence-corrected chi connectivity index (χ3v) is 5.28. The molecule has 0 spiro atoms. The summed E-state index contributed by atoms with van der Waals surface area (Å²) in [5, 5.41) is 0. The quantitative estimate of drug-likeness (QED) is 0.836. The number of fused-ring (bicyclic) bond motifs is 1. The molecular formula is C17H15FO2S. The number of ketones is 1. The van der Waals surface area contributed by atoms with Crippen LogP contribution in [0.25, 0.3) is 0 Å². The maximum atomic E-state index is 13.5. The highest BCUT2D eigenvalue weighted by atomic mass is 32.2. The zero-order valence-corrected chi connectivity index (χ0v) is 12.7. The van der Waals surface area contributed by atoms with Crippen LogP contribution in [0.1, 0.15) is 22.8 Å². The van der Waals surface area contributed by atoms with E-state index in [4.69, 9.17) is 4.74 Å². The van der Waals surface area contributed by atoms with E-state index in [1.807, 2.05) is 19.1 Å². The predicted molar refractivity (Wildman–Crippen MR) is 81.8 cm³/mol. The second kappa shape index (κ2) is 5.19. The van der Waals surface area contributed by atoms with Crippen molar-refractivity contribution >= 4 is 17.5 Å². The molecule has 2 aromatic carbocycles. The number of rotatable bonds is 2. The summed E-state index contributed by atoms with van der Waals surface area (Å²) >= 11 is 1.61. The Labute approximate surface area is 127 Å². The molecule has 4 heteroatoms. The van der Waals surface area contributed by atoms with Crippen LogP contribution in [0.3, 0.4) is 0 Å². The molecule has 108 valence electrons. The van der Waals surface area contributed by atoms with Crippen LogP contribution in [0, 0.1) is 5.82 Å². The molecular weight excluding hydrogens is 287 g/mol. The minimum Gasteiger partial charge on any atom is -0.497 e. The molecule has 0 saturated heterocycles. The first-order valence-corrected chi connectivity index (χ1v) is 7.65. The largest absolute Gasteiger partial charge is 0.497 e. The lowest BCUT2D eigenvalue weighted by Gasteiger charge is -2.33. The summed E-state index contributed by atoms with van der Waals surface area (Å²) in [7, 11) is 1.61. The lowest BCUT2D eigenvalue weighted by atomic mass is 9.77. The lowest BCUT2D eigenvalue weighted by Crippen LogP contribution is -2.38. The molecule has 21 heavy (non-hydrogen) atoms. The molecule has 2 aromatic rings. The van der Waals surface area contributed by atoms with E-state index in [2.05, 4.69) is 0 Å². The SMILES string of the molecule is COc1ccc2c(c1)SCC(C)(c1cccc(F)c1)C2=O. The Morgan fingerprint density at radius 3 is 2.76 bits per heavy atom. The highest BCUT2D eigenvalue weighted by Crippen LogP contribution is 2.42. The minimum absolute atomic E-state index is 0.0319. The maximum absolute atomic E-state index is 13.5. The predicted octanol–water partition coefficient (Wildman–Crippen LogP) is 4.08. The summed E-state index contributed by atoms with van der Waals surface area (Å²) in [5.41, 5.74) is 0.703. The van der Waals surface area contributed by atoms with Gasteiger partial charge in [0.25, 0.3) is 0 Å². The third kappa shape index (κ3) is 2.33. The first kappa shape index (κ1) is 14.1. The molecule has 0 aliphatic carbocycles. The van der Waals surface area contributed by atoms with Crippen molar-refractivity contribution in [3.05, 3.63) is 59.4 Å². The van der Waals surface area contributed by atoms with Crippen LogP contribution in [-0.4, -0.2) is 18.6 Å². The zero-order chi connectivity index (χ0) is 15.0. The normalized spacial score (nSPS) is 21.0. The Morgan fingerprint density at radius 1 is 1.24 bits per heavy atom. The Morgan fingerprint density at radius 2 is 2.05 bits per heavy atom. The number of carbonyl (C=O) groups is 1. The van der Waals surface area contributed by atoms with Crippen molar-refractivity contribution in [3.8, 4) is 5.75 Å². The van der Waals surface area contributed by atoms with Gasteiger partial charge in [0, 0.05) is 16.2 Å². The summed E-state index contributed by atoms with van der Waals surface area (Å²) < 4.78 is 18.7. The molecule has 0 radical (unpaired) electrons. The summed E-state index contributed by atoms with van der Waals surface area (Å²) in [4.78, 5) is 13.8. The number of hydrogen-bond donors (Lipinski definition) is 0. The van der Waals surface area contributed by atoms with Crippen LogP contribution in [0.5, 0.6) is 5.75 Å². The topological polar surface area (TPSA) is 26.3 Å². The van der Waals surface area contributed by atoms with Crippen molar-refractivity contribution < 1.29 is 13.9 Å². The van der Waals surface area contributed by atoms with Crippen molar-refractivity contribution in [3.63, 3.8) is 0 Å². The van der Waals surface area contributed by atoms with E-state index in [-0.39, 0.29) is 11.6 Å². The van der Waals surface area contributed by atoms with Gasteiger partial charge >= 0.3 is 0 Å². The Hall–Kier alpha value is -1.81. The third-order valence-electron chi connectivity index (χ3n) is 3.91. The average Bonchev–Trinajstić information content (AvgIpc) is 2.51. The van der Waals surface area contributed by atoms with Gasteiger partial charge in [0.2, 0.25) is 0 Å².